The molecule has 2 rings (SSSR count). The molecule has 0 N–H and O–H groups in total. The van der Waals surface area contributed by atoms with Gasteiger partial charge in [0.05, 0.1) is 12.5 Å². The van der Waals surface area contributed by atoms with E-state index in [1.807, 2.05) is 45.0 Å². The van der Waals surface area contributed by atoms with Crippen molar-refractivity contribution in [1.29, 1.82) is 0 Å². The van der Waals surface area contributed by atoms with Crippen molar-refractivity contribution in [3.05, 3.63) is 29.8 Å². The summed E-state index contributed by atoms with van der Waals surface area (Å²) in [6.07, 6.45) is 1.59. The molecule has 104 valence electrons. The summed E-state index contributed by atoms with van der Waals surface area (Å²) in [5.74, 6) is 0.464. The minimum absolute atomic E-state index is 0.312. The van der Waals surface area contributed by atoms with Crippen molar-refractivity contribution in [3.8, 4) is 5.75 Å². The van der Waals surface area contributed by atoms with E-state index in [-0.39, 0.29) is 5.97 Å². The summed E-state index contributed by atoms with van der Waals surface area (Å²) in [6, 6.07) is 7.52. The van der Waals surface area contributed by atoms with Gasteiger partial charge < -0.3 is 4.74 Å². The first kappa shape index (κ1) is 13.9. The molecule has 0 heterocycles. The smallest absolute Gasteiger partial charge is 0.352 e. The van der Waals surface area contributed by atoms with E-state index in [4.69, 9.17) is 14.5 Å². The molecule has 4 nitrogen and oxygen atoms in total. The fraction of sp³-hybridized carbons (Fsp3) is 0.533. The Morgan fingerprint density at radius 1 is 1.16 bits per heavy atom. The fourth-order valence-electron chi connectivity index (χ4n) is 1.89. The molecule has 19 heavy (non-hydrogen) atoms. The van der Waals surface area contributed by atoms with Crippen LogP contribution in [0.25, 0.3) is 0 Å². The Morgan fingerprint density at radius 3 is 2.16 bits per heavy atom. The lowest BCUT2D eigenvalue weighted by Crippen LogP contribution is -2.28. The van der Waals surface area contributed by atoms with E-state index in [2.05, 4.69) is 0 Å². The zero-order valence-corrected chi connectivity index (χ0v) is 11.9. The van der Waals surface area contributed by atoms with Gasteiger partial charge in [-0.05, 0) is 51.3 Å². The average molecular weight is 264 g/mol. The van der Waals surface area contributed by atoms with Crippen LogP contribution in [0.15, 0.2) is 24.3 Å². The van der Waals surface area contributed by atoms with Crippen molar-refractivity contribution in [1.82, 2.24) is 0 Å². The highest BCUT2D eigenvalue weighted by atomic mass is 17.2. The Hall–Kier alpha value is -1.55. The van der Waals surface area contributed by atoms with Crippen molar-refractivity contribution in [2.24, 2.45) is 0 Å². The van der Waals surface area contributed by atoms with Gasteiger partial charge in [-0.25, -0.2) is 4.79 Å². The summed E-state index contributed by atoms with van der Waals surface area (Å²) >= 11 is 0. The Labute approximate surface area is 113 Å². The number of benzene rings is 1. The highest BCUT2D eigenvalue weighted by Crippen LogP contribution is 2.49. The summed E-state index contributed by atoms with van der Waals surface area (Å²) in [5.41, 5.74) is -0.0702. The van der Waals surface area contributed by atoms with Gasteiger partial charge in [0.15, 0.2) is 0 Å². The highest BCUT2D eigenvalue weighted by Gasteiger charge is 2.53. The molecule has 0 radical (unpaired) electrons. The van der Waals surface area contributed by atoms with Gasteiger partial charge in [0, 0.05) is 0 Å². The number of carbonyl (C=O) groups excluding carboxylic acids is 1. The van der Waals surface area contributed by atoms with Gasteiger partial charge in [0.25, 0.3) is 0 Å². The van der Waals surface area contributed by atoms with E-state index >= 15 is 0 Å². The Morgan fingerprint density at radius 2 is 1.74 bits per heavy atom. The summed E-state index contributed by atoms with van der Waals surface area (Å²) < 4.78 is 5.11. The zero-order chi connectivity index (χ0) is 14.1. The molecule has 0 aromatic heterocycles. The molecule has 0 saturated heterocycles. The molecule has 0 bridgehead atoms. The second-order valence-corrected chi connectivity index (χ2v) is 5.88. The lowest BCUT2D eigenvalue weighted by atomic mass is 9.96. The first-order valence-corrected chi connectivity index (χ1v) is 6.42. The minimum atomic E-state index is -0.530. The van der Waals surface area contributed by atoms with Gasteiger partial charge in [-0.15, -0.1) is 0 Å². The summed E-state index contributed by atoms with van der Waals surface area (Å²) in [4.78, 5) is 22.2. The van der Waals surface area contributed by atoms with Gasteiger partial charge in [0.2, 0.25) is 0 Å². The Bertz CT molecular complexity index is 452. The summed E-state index contributed by atoms with van der Waals surface area (Å²) in [6.45, 7) is 5.52. The monoisotopic (exact) mass is 264 g/mol. The van der Waals surface area contributed by atoms with Crippen LogP contribution in [-0.4, -0.2) is 18.7 Å². The van der Waals surface area contributed by atoms with Crippen LogP contribution >= 0.6 is 0 Å². The molecule has 1 aliphatic carbocycles. The molecular weight excluding hydrogens is 244 g/mol. The van der Waals surface area contributed by atoms with Crippen LogP contribution in [0.3, 0.4) is 0 Å². The summed E-state index contributed by atoms with van der Waals surface area (Å²) in [7, 11) is 1.62. The van der Waals surface area contributed by atoms with Crippen LogP contribution in [0.5, 0.6) is 5.75 Å². The second kappa shape index (κ2) is 4.85. The van der Waals surface area contributed by atoms with E-state index < -0.39 is 11.0 Å². The largest absolute Gasteiger partial charge is 0.497 e. The first-order chi connectivity index (χ1) is 8.87. The number of methoxy groups -OCH3 is 1. The van der Waals surface area contributed by atoms with E-state index in [9.17, 15) is 4.79 Å². The lowest BCUT2D eigenvalue weighted by molar-refractivity contribution is -0.322. The molecule has 0 atom stereocenters. The van der Waals surface area contributed by atoms with Crippen LogP contribution in [0.1, 0.15) is 39.2 Å². The molecule has 1 aliphatic rings. The van der Waals surface area contributed by atoms with Crippen LogP contribution in [-0.2, 0) is 20.0 Å². The fourth-order valence-corrected chi connectivity index (χ4v) is 1.89. The molecule has 0 aliphatic heterocycles. The van der Waals surface area contributed by atoms with E-state index in [0.717, 1.165) is 24.2 Å². The van der Waals surface area contributed by atoms with Gasteiger partial charge in [0.1, 0.15) is 11.4 Å². The molecule has 1 saturated carbocycles. The van der Waals surface area contributed by atoms with Crippen molar-refractivity contribution in [3.63, 3.8) is 0 Å². The molecule has 0 amide bonds. The van der Waals surface area contributed by atoms with Crippen LogP contribution in [0, 0.1) is 0 Å². The molecule has 1 aromatic carbocycles. The number of rotatable bonds is 4. The van der Waals surface area contributed by atoms with Gasteiger partial charge in [-0.1, -0.05) is 12.1 Å². The highest BCUT2D eigenvalue weighted by molar-refractivity contribution is 5.86. The number of hydrogen-bond acceptors (Lipinski definition) is 4. The van der Waals surface area contributed by atoms with E-state index in [1.165, 1.54) is 0 Å². The van der Waals surface area contributed by atoms with Gasteiger partial charge in [-0.2, -0.15) is 4.89 Å². The second-order valence-electron chi connectivity index (χ2n) is 5.88. The third kappa shape index (κ3) is 3.07. The zero-order valence-electron chi connectivity index (χ0n) is 11.9. The minimum Gasteiger partial charge on any atom is -0.497 e. The molecular formula is C15H20O4. The van der Waals surface area contributed by atoms with Crippen molar-refractivity contribution in [2.75, 3.05) is 7.11 Å². The average Bonchev–Trinajstić information content (AvgIpc) is 3.17. The van der Waals surface area contributed by atoms with E-state index in [1.54, 1.807) is 7.11 Å². The third-order valence-electron chi connectivity index (χ3n) is 3.15. The third-order valence-corrected chi connectivity index (χ3v) is 3.15. The van der Waals surface area contributed by atoms with Crippen molar-refractivity contribution < 1.29 is 19.3 Å². The molecule has 0 unspecified atom stereocenters. The van der Waals surface area contributed by atoms with Gasteiger partial charge >= 0.3 is 5.97 Å². The predicted molar refractivity (Wildman–Crippen MR) is 70.8 cm³/mol. The maximum Gasteiger partial charge on any atom is 0.352 e. The van der Waals surface area contributed by atoms with Crippen molar-refractivity contribution in [2.45, 2.75) is 44.6 Å². The van der Waals surface area contributed by atoms with Crippen LogP contribution in [0.2, 0.25) is 0 Å². The SMILES string of the molecule is COc1ccc(C2(C(=O)OOC(C)(C)C)CC2)cc1. The molecule has 4 heteroatoms. The maximum absolute atomic E-state index is 12.2. The molecule has 1 aromatic rings. The Kier molecular flexibility index (Phi) is 3.54. The molecule has 0 spiro atoms. The number of ether oxygens (including phenoxy) is 1. The normalized spacial score (nSPS) is 16.8. The number of carbonyl (C=O) groups is 1. The lowest BCUT2D eigenvalue weighted by Gasteiger charge is -2.20. The predicted octanol–water partition coefficient (Wildman–Crippen LogP) is 3.00. The topological polar surface area (TPSA) is 44.8 Å². The maximum atomic E-state index is 12.2. The summed E-state index contributed by atoms with van der Waals surface area (Å²) in [5, 5.41) is 0. The standard InChI is InChI=1S/C15H20O4/c1-14(2,3)19-18-13(16)15(9-10-15)11-5-7-12(17-4)8-6-11/h5-8H,9-10H2,1-4H3. The number of hydrogen-bond donors (Lipinski definition) is 0. The van der Waals surface area contributed by atoms with E-state index in [0.29, 0.717) is 0 Å². The Balaban J connectivity index is 2.07. The van der Waals surface area contributed by atoms with Crippen LogP contribution < -0.4 is 4.74 Å². The first-order valence-electron chi connectivity index (χ1n) is 6.42. The van der Waals surface area contributed by atoms with Gasteiger partial charge in [-0.3, -0.25) is 4.89 Å². The van der Waals surface area contributed by atoms with Crippen molar-refractivity contribution >= 4 is 5.97 Å². The quantitative estimate of drug-likeness (QED) is 0.619. The van der Waals surface area contributed by atoms with Crippen LogP contribution in [0.4, 0.5) is 0 Å². The molecule has 1 fully saturated rings.